The summed E-state index contributed by atoms with van der Waals surface area (Å²) in [4.78, 5) is 2.53. The van der Waals surface area contributed by atoms with Gasteiger partial charge in [-0.25, -0.2) is 0 Å². The molecule has 0 radical (unpaired) electrons. The van der Waals surface area contributed by atoms with Crippen LogP contribution in [0.3, 0.4) is 0 Å². The third-order valence-corrected chi connectivity index (χ3v) is 3.46. The van der Waals surface area contributed by atoms with Crippen LogP contribution in [0.4, 0.5) is 0 Å². The van der Waals surface area contributed by atoms with Crippen molar-refractivity contribution in [2.24, 2.45) is 5.92 Å². The summed E-state index contributed by atoms with van der Waals surface area (Å²) in [7, 11) is 3.53. The zero-order valence-electron chi connectivity index (χ0n) is 14.7. The number of hydrogen-bond donors (Lipinski definition) is 1. The Morgan fingerprint density at radius 2 is 1.60 bits per heavy atom. The molecule has 1 N–H and O–H groups in total. The van der Waals surface area contributed by atoms with Gasteiger partial charge in [0.15, 0.2) is 0 Å². The van der Waals surface area contributed by atoms with E-state index in [1.165, 1.54) is 0 Å². The monoisotopic (exact) mass is 288 g/mol. The van der Waals surface area contributed by atoms with Gasteiger partial charge in [-0.1, -0.05) is 13.8 Å². The van der Waals surface area contributed by atoms with Crippen LogP contribution in [-0.2, 0) is 9.47 Å². The zero-order chi connectivity index (χ0) is 15.6. The van der Waals surface area contributed by atoms with E-state index in [-0.39, 0.29) is 5.54 Å². The zero-order valence-corrected chi connectivity index (χ0v) is 14.7. The predicted molar refractivity (Wildman–Crippen MR) is 86.3 cm³/mol. The molecule has 0 aliphatic carbocycles. The summed E-state index contributed by atoms with van der Waals surface area (Å²) in [5.41, 5.74) is 0.159. The minimum absolute atomic E-state index is 0.159. The fourth-order valence-corrected chi connectivity index (χ4v) is 2.26. The Bertz CT molecular complexity index is 227. The lowest BCUT2D eigenvalue weighted by Crippen LogP contribution is -2.51. The van der Waals surface area contributed by atoms with E-state index in [0.29, 0.717) is 12.0 Å². The summed E-state index contributed by atoms with van der Waals surface area (Å²) >= 11 is 0. The second-order valence-electron chi connectivity index (χ2n) is 6.82. The smallest absolute Gasteiger partial charge is 0.0589 e. The molecule has 0 fully saturated rings. The number of nitrogens with zero attached hydrogens (tertiary/aromatic N) is 1. The van der Waals surface area contributed by atoms with E-state index in [2.05, 4.69) is 44.8 Å². The first kappa shape index (κ1) is 19.8. The molecule has 4 nitrogen and oxygen atoms in total. The molecule has 0 aromatic heterocycles. The van der Waals surface area contributed by atoms with Gasteiger partial charge in [-0.2, -0.15) is 0 Å². The van der Waals surface area contributed by atoms with E-state index < -0.39 is 0 Å². The van der Waals surface area contributed by atoms with Crippen LogP contribution < -0.4 is 5.32 Å². The molecule has 0 saturated carbocycles. The van der Waals surface area contributed by atoms with E-state index in [1.807, 2.05) is 0 Å². The highest BCUT2D eigenvalue weighted by Crippen LogP contribution is 2.12. The third-order valence-electron chi connectivity index (χ3n) is 3.46. The fraction of sp³-hybridized carbons (Fsp3) is 1.00. The van der Waals surface area contributed by atoms with E-state index >= 15 is 0 Å². The van der Waals surface area contributed by atoms with Gasteiger partial charge in [0.2, 0.25) is 0 Å². The van der Waals surface area contributed by atoms with Gasteiger partial charge in [-0.3, -0.25) is 4.90 Å². The van der Waals surface area contributed by atoms with Crippen molar-refractivity contribution in [2.45, 2.75) is 52.6 Å². The molecule has 0 saturated heterocycles. The van der Waals surface area contributed by atoms with Crippen molar-refractivity contribution in [2.75, 3.05) is 47.1 Å². The maximum Gasteiger partial charge on any atom is 0.0589 e. The Labute approximate surface area is 126 Å². The molecule has 0 heterocycles. The van der Waals surface area contributed by atoms with Crippen LogP contribution >= 0.6 is 0 Å². The second-order valence-corrected chi connectivity index (χ2v) is 6.82. The molecule has 0 bridgehead atoms. The minimum Gasteiger partial charge on any atom is -0.385 e. The van der Waals surface area contributed by atoms with Crippen LogP contribution in [0.15, 0.2) is 0 Å². The lowest BCUT2D eigenvalue weighted by atomic mass is 10.00. The second kappa shape index (κ2) is 10.6. The van der Waals surface area contributed by atoms with Crippen LogP contribution in [0.2, 0.25) is 0 Å². The van der Waals surface area contributed by atoms with Gasteiger partial charge in [0, 0.05) is 52.0 Å². The van der Waals surface area contributed by atoms with Crippen LogP contribution in [0.1, 0.15) is 41.0 Å². The first-order valence-electron chi connectivity index (χ1n) is 7.78. The Morgan fingerprint density at radius 1 is 1.00 bits per heavy atom. The number of rotatable bonds is 11. The van der Waals surface area contributed by atoms with E-state index in [1.54, 1.807) is 14.2 Å². The summed E-state index contributed by atoms with van der Waals surface area (Å²) in [5.74, 6) is 0.615. The fourth-order valence-electron chi connectivity index (χ4n) is 2.26. The Morgan fingerprint density at radius 3 is 2.05 bits per heavy atom. The van der Waals surface area contributed by atoms with Crippen molar-refractivity contribution in [1.29, 1.82) is 0 Å². The van der Waals surface area contributed by atoms with Gasteiger partial charge in [0.05, 0.1) is 6.61 Å². The standard InChI is InChI=1S/C16H36N2O2/c1-14(2)15(13-17-16(3,4)5)18(10-12-20-7)9-8-11-19-6/h14-15,17H,8-13H2,1-7H3. The summed E-state index contributed by atoms with van der Waals surface area (Å²) in [6, 6.07) is 0.529. The number of ether oxygens (including phenoxy) is 2. The Hall–Kier alpha value is -0.160. The Kier molecular flexibility index (Phi) is 10.5. The number of hydrogen-bond acceptors (Lipinski definition) is 4. The molecule has 20 heavy (non-hydrogen) atoms. The van der Waals surface area contributed by atoms with Gasteiger partial charge in [-0.15, -0.1) is 0 Å². The van der Waals surface area contributed by atoms with E-state index in [4.69, 9.17) is 9.47 Å². The van der Waals surface area contributed by atoms with Crippen molar-refractivity contribution >= 4 is 0 Å². The topological polar surface area (TPSA) is 33.7 Å². The Balaban J connectivity index is 4.55. The lowest BCUT2D eigenvalue weighted by molar-refractivity contribution is 0.0851. The molecule has 122 valence electrons. The molecule has 1 atom stereocenters. The summed E-state index contributed by atoms with van der Waals surface area (Å²) in [6.07, 6.45) is 1.07. The highest BCUT2D eigenvalue weighted by atomic mass is 16.5. The van der Waals surface area contributed by atoms with Gasteiger partial charge in [-0.05, 0) is 33.1 Å². The minimum atomic E-state index is 0.159. The normalized spacial score (nSPS) is 14.2. The maximum atomic E-state index is 5.26. The average molecular weight is 288 g/mol. The molecule has 0 aromatic carbocycles. The largest absolute Gasteiger partial charge is 0.385 e. The molecule has 0 rings (SSSR count). The van der Waals surface area contributed by atoms with Crippen LogP contribution in [0, 0.1) is 5.92 Å². The quantitative estimate of drug-likeness (QED) is 0.592. The van der Waals surface area contributed by atoms with E-state index in [9.17, 15) is 0 Å². The van der Waals surface area contributed by atoms with Gasteiger partial charge >= 0.3 is 0 Å². The molecule has 4 heteroatoms. The SMILES string of the molecule is COCCCN(CCOC)C(CNC(C)(C)C)C(C)C. The van der Waals surface area contributed by atoms with Gasteiger partial charge in [0.1, 0.15) is 0 Å². The lowest BCUT2D eigenvalue weighted by Gasteiger charge is -2.36. The van der Waals surface area contributed by atoms with Gasteiger partial charge in [0.25, 0.3) is 0 Å². The van der Waals surface area contributed by atoms with Crippen LogP contribution in [0.5, 0.6) is 0 Å². The highest BCUT2D eigenvalue weighted by molar-refractivity contribution is 4.81. The van der Waals surface area contributed by atoms with Crippen LogP contribution in [0.25, 0.3) is 0 Å². The van der Waals surface area contributed by atoms with Crippen molar-refractivity contribution in [3.63, 3.8) is 0 Å². The van der Waals surface area contributed by atoms with Crippen molar-refractivity contribution in [1.82, 2.24) is 10.2 Å². The molecule has 1 unspecified atom stereocenters. The average Bonchev–Trinajstić information content (AvgIpc) is 2.33. The number of methoxy groups -OCH3 is 2. The molecular formula is C16H36N2O2. The third kappa shape index (κ3) is 9.70. The maximum absolute atomic E-state index is 5.26. The number of nitrogens with one attached hydrogen (secondary N) is 1. The van der Waals surface area contributed by atoms with Crippen molar-refractivity contribution in [3.8, 4) is 0 Å². The first-order valence-corrected chi connectivity index (χ1v) is 7.78. The van der Waals surface area contributed by atoms with Gasteiger partial charge < -0.3 is 14.8 Å². The molecule has 0 aliphatic heterocycles. The molecule has 0 amide bonds. The van der Waals surface area contributed by atoms with Crippen molar-refractivity contribution in [3.05, 3.63) is 0 Å². The van der Waals surface area contributed by atoms with Crippen molar-refractivity contribution < 1.29 is 9.47 Å². The predicted octanol–water partition coefficient (Wildman–Crippen LogP) is 2.38. The molecule has 0 spiro atoms. The first-order chi connectivity index (χ1) is 9.31. The van der Waals surface area contributed by atoms with E-state index in [0.717, 1.165) is 39.3 Å². The summed E-state index contributed by atoms with van der Waals surface area (Å²) in [5, 5.41) is 3.64. The highest BCUT2D eigenvalue weighted by Gasteiger charge is 2.23. The summed E-state index contributed by atoms with van der Waals surface area (Å²) < 4.78 is 10.4. The van der Waals surface area contributed by atoms with Crippen LogP contribution in [-0.4, -0.2) is 63.5 Å². The molecule has 0 aromatic rings. The summed E-state index contributed by atoms with van der Waals surface area (Å²) in [6.45, 7) is 15.9. The molecule has 0 aliphatic rings. The molecular weight excluding hydrogens is 252 g/mol.